The van der Waals surface area contributed by atoms with Gasteiger partial charge in [-0.3, -0.25) is 9.59 Å². The number of aromatic nitrogens is 1. The molecule has 0 fully saturated rings. The first-order chi connectivity index (χ1) is 15.7. The molecule has 1 aromatic heterocycles. The number of hydrogen-bond donors (Lipinski definition) is 3. The Hall–Kier alpha value is -2.98. The summed E-state index contributed by atoms with van der Waals surface area (Å²) in [4.78, 5) is 30.0. The Balaban J connectivity index is 1.80. The lowest BCUT2D eigenvalue weighted by atomic mass is 10.1. The van der Waals surface area contributed by atoms with Crippen molar-refractivity contribution < 1.29 is 18.9 Å². The highest BCUT2D eigenvalue weighted by molar-refractivity contribution is 7.93. The average molecular weight is 507 g/mol. The highest BCUT2D eigenvalue weighted by atomic mass is 35.5. The van der Waals surface area contributed by atoms with Crippen LogP contribution in [0.15, 0.2) is 70.1 Å². The Morgan fingerprint density at radius 2 is 1.70 bits per heavy atom. The number of carbonyl (C=O) groups is 2. The Bertz CT molecular complexity index is 1290. The van der Waals surface area contributed by atoms with E-state index < -0.39 is 21.5 Å². The molecule has 3 aromatic rings. The first kappa shape index (κ1) is 24.7. The lowest BCUT2D eigenvalue weighted by Gasteiger charge is -2.12. The van der Waals surface area contributed by atoms with Gasteiger partial charge in [0.1, 0.15) is 5.82 Å². The van der Waals surface area contributed by atoms with Gasteiger partial charge in [-0.15, -0.1) is 0 Å². The number of carbonyl (C=O) groups excluding carboxylic acids is 2. The van der Waals surface area contributed by atoms with Crippen molar-refractivity contribution in [3.05, 3.63) is 82.0 Å². The second kappa shape index (κ2) is 10.8. The summed E-state index contributed by atoms with van der Waals surface area (Å²) in [6, 6.07) is 13.7. The Morgan fingerprint density at radius 1 is 1.00 bits per heavy atom. The number of pyridine rings is 1. The largest absolute Gasteiger partial charge is 0.394 e. The van der Waals surface area contributed by atoms with E-state index in [2.05, 4.69) is 20.0 Å². The number of halogens is 2. The number of aliphatic hydroxyl groups excluding tert-OH is 1. The molecular formula is C22H20Cl2N4O4S. The van der Waals surface area contributed by atoms with E-state index >= 15 is 0 Å². The molecule has 3 N–H and O–H groups in total. The van der Waals surface area contributed by atoms with Crippen molar-refractivity contribution in [2.75, 3.05) is 30.0 Å². The lowest BCUT2D eigenvalue weighted by molar-refractivity contribution is 0.102. The third-order valence-corrected chi connectivity index (χ3v) is 6.72. The van der Waals surface area contributed by atoms with E-state index in [9.17, 15) is 13.8 Å². The summed E-state index contributed by atoms with van der Waals surface area (Å²) in [6.45, 7) is -0.138. The van der Waals surface area contributed by atoms with E-state index in [4.69, 9.17) is 28.3 Å². The van der Waals surface area contributed by atoms with Gasteiger partial charge in [0.2, 0.25) is 0 Å². The molecule has 2 aromatic carbocycles. The number of anilines is 2. The standard InChI is InChI=1S/C22H20Cl2N4O4S/c1-33(32,26-10-11-29)17-6-2-14(3-7-17)21(30)27-19-8-4-15(23)12-18(19)22(31)28-20-9-5-16(24)13-25-20/h2-9,12-13,29H,10-11H2,1H3,(H,27,30)(H,25,28,31). The number of benzene rings is 2. The summed E-state index contributed by atoms with van der Waals surface area (Å²) in [7, 11) is -2.68. The molecule has 0 saturated heterocycles. The number of amides is 2. The zero-order valence-electron chi connectivity index (χ0n) is 17.4. The van der Waals surface area contributed by atoms with Crippen molar-refractivity contribution in [1.82, 2.24) is 4.98 Å². The quantitative estimate of drug-likeness (QED) is 0.439. The predicted octanol–water partition coefficient (Wildman–Crippen LogP) is 4.34. The molecular weight excluding hydrogens is 487 g/mol. The molecule has 1 atom stereocenters. The maximum absolute atomic E-state index is 12.8. The SMILES string of the molecule is CS(=O)(=NCCO)c1ccc(C(=O)Nc2ccc(Cl)cc2C(=O)Nc2ccc(Cl)cn2)cc1. The van der Waals surface area contributed by atoms with Crippen LogP contribution in [0.5, 0.6) is 0 Å². The van der Waals surface area contributed by atoms with Crippen molar-refractivity contribution >= 4 is 56.3 Å². The second-order valence-electron chi connectivity index (χ2n) is 6.86. The van der Waals surface area contributed by atoms with Crippen LogP contribution in [0.3, 0.4) is 0 Å². The zero-order valence-corrected chi connectivity index (χ0v) is 19.7. The van der Waals surface area contributed by atoms with E-state index in [0.717, 1.165) is 0 Å². The van der Waals surface area contributed by atoms with E-state index in [-0.39, 0.29) is 35.8 Å². The van der Waals surface area contributed by atoms with Crippen LogP contribution >= 0.6 is 23.2 Å². The number of nitrogens with zero attached hydrogens (tertiary/aromatic N) is 2. The normalized spacial score (nSPS) is 12.5. The Labute approximate surface area is 201 Å². The molecule has 0 radical (unpaired) electrons. The van der Waals surface area contributed by atoms with Crippen molar-refractivity contribution in [1.29, 1.82) is 0 Å². The molecule has 2 amide bonds. The Kier molecular flexibility index (Phi) is 8.04. The molecule has 172 valence electrons. The van der Waals surface area contributed by atoms with Crippen LogP contribution in [0.2, 0.25) is 10.0 Å². The van der Waals surface area contributed by atoms with Gasteiger partial charge in [0.05, 0.1) is 39.2 Å². The third-order valence-electron chi connectivity index (χ3n) is 4.43. The highest BCUT2D eigenvalue weighted by Crippen LogP contribution is 2.23. The molecule has 0 bridgehead atoms. The maximum atomic E-state index is 12.8. The summed E-state index contributed by atoms with van der Waals surface area (Å²) in [5, 5.41) is 15.0. The molecule has 33 heavy (non-hydrogen) atoms. The summed E-state index contributed by atoms with van der Waals surface area (Å²) in [5.74, 6) is -0.710. The summed E-state index contributed by atoms with van der Waals surface area (Å²) >= 11 is 11.9. The van der Waals surface area contributed by atoms with Gasteiger partial charge in [-0.2, -0.15) is 0 Å². The van der Waals surface area contributed by atoms with Crippen LogP contribution < -0.4 is 10.6 Å². The topological polar surface area (TPSA) is 121 Å². The van der Waals surface area contributed by atoms with Crippen molar-refractivity contribution in [2.24, 2.45) is 4.36 Å². The van der Waals surface area contributed by atoms with Gasteiger partial charge in [-0.05, 0) is 54.6 Å². The van der Waals surface area contributed by atoms with E-state index in [1.807, 2.05) is 0 Å². The van der Waals surface area contributed by atoms with Crippen LogP contribution in [0.25, 0.3) is 0 Å². The van der Waals surface area contributed by atoms with Gasteiger partial charge in [0.15, 0.2) is 0 Å². The van der Waals surface area contributed by atoms with Crippen molar-refractivity contribution in [2.45, 2.75) is 4.90 Å². The fourth-order valence-electron chi connectivity index (χ4n) is 2.79. The van der Waals surface area contributed by atoms with E-state index in [1.165, 1.54) is 36.7 Å². The number of hydrogen-bond acceptors (Lipinski definition) is 6. The fourth-order valence-corrected chi connectivity index (χ4v) is 4.29. The zero-order chi connectivity index (χ0) is 24.0. The van der Waals surface area contributed by atoms with Gasteiger partial charge >= 0.3 is 0 Å². The maximum Gasteiger partial charge on any atom is 0.258 e. The van der Waals surface area contributed by atoms with Gasteiger partial charge in [0, 0.05) is 27.9 Å². The third kappa shape index (κ3) is 6.52. The molecule has 11 heteroatoms. The summed E-state index contributed by atoms with van der Waals surface area (Å²) < 4.78 is 16.6. The van der Waals surface area contributed by atoms with Gasteiger partial charge in [0.25, 0.3) is 11.8 Å². The van der Waals surface area contributed by atoms with Crippen LogP contribution in [0, 0.1) is 0 Å². The number of rotatable bonds is 7. The minimum atomic E-state index is -2.68. The molecule has 0 aliphatic rings. The van der Waals surface area contributed by atoms with Crippen LogP contribution in [0.1, 0.15) is 20.7 Å². The molecule has 8 nitrogen and oxygen atoms in total. The molecule has 3 rings (SSSR count). The highest BCUT2D eigenvalue weighted by Gasteiger charge is 2.16. The fraction of sp³-hybridized carbons (Fsp3) is 0.136. The van der Waals surface area contributed by atoms with Crippen LogP contribution in [0.4, 0.5) is 11.5 Å². The Morgan fingerprint density at radius 3 is 2.33 bits per heavy atom. The first-order valence-electron chi connectivity index (χ1n) is 9.62. The van der Waals surface area contributed by atoms with Gasteiger partial charge < -0.3 is 15.7 Å². The minimum Gasteiger partial charge on any atom is -0.394 e. The number of aliphatic hydroxyl groups is 1. The first-order valence-corrected chi connectivity index (χ1v) is 12.3. The minimum absolute atomic E-state index is 0.0600. The molecule has 1 heterocycles. The monoisotopic (exact) mass is 506 g/mol. The van der Waals surface area contributed by atoms with E-state index in [0.29, 0.717) is 14.9 Å². The smallest absolute Gasteiger partial charge is 0.258 e. The summed E-state index contributed by atoms with van der Waals surface area (Å²) in [5.41, 5.74) is 0.678. The number of nitrogens with one attached hydrogen (secondary N) is 2. The molecule has 0 spiro atoms. The van der Waals surface area contributed by atoms with Crippen molar-refractivity contribution in [3.63, 3.8) is 0 Å². The molecule has 0 aliphatic carbocycles. The van der Waals surface area contributed by atoms with Gasteiger partial charge in [-0.1, -0.05) is 23.2 Å². The lowest BCUT2D eigenvalue weighted by Crippen LogP contribution is -2.18. The average Bonchev–Trinajstić information content (AvgIpc) is 2.80. The summed E-state index contributed by atoms with van der Waals surface area (Å²) in [6.07, 6.45) is 2.86. The molecule has 0 saturated carbocycles. The second-order valence-corrected chi connectivity index (χ2v) is 10.1. The van der Waals surface area contributed by atoms with Crippen LogP contribution in [-0.4, -0.2) is 45.5 Å². The molecule has 0 aliphatic heterocycles. The van der Waals surface area contributed by atoms with E-state index in [1.54, 1.807) is 30.3 Å². The van der Waals surface area contributed by atoms with Gasteiger partial charge in [-0.25, -0.2) is 13.6 Å². The molecule has 1 unspecified atom stereocenters. The van der Waals surface area contributed by atoms with Crippen LogP contribution in [-0.2, 0) is 9.73 Å². The van der Waals surface area contributed by atoms with Crippen molar-refractivity contribution in [3.8, 4) is 0 Å². The predicted molar refractivity (Wildman–Crippen MR) is 130 cm³/mol.